The first-order valence-electron chi connectivity index (χ1n) is 9.74. The number of aryl methyl sites for hydroxylation is 1. The number of carbonyl (C=O) groups excluding carboxylic acids is 1. The molecule has 3 heterocycles. The number of aromatic nitrogens is 3. The minimum atomic E-state index is 0.0261. The molecule has 1 aliphatic rings. The number of nitrogens with zero attached hydrogens (tertiary/aromatic N) is 4. The molecule has 0 spiro atoms. The topological polar surface area (TPSA) is 68.1 Å². The lowest BCUT2D eigenvalue weighted by atomic mass is 9.96. The van der Waals surface area contributed by atoms with E-state index in [0.717, 1.165) is 42.8 Å². The molecule has 4 rings (SSSR count). The van der Waals surface area contributed by atoms with Crippen LogP contribution in [0, 0.1) is 12.8 Å². The summed E-state index contributed by atoms with van der Waals surface area (Å²) in [5.74, 6) is 1.27. The molecule has 6 nitrogen and oxygen atoms in total. The lowest BCUT2D eigenvalue weighted by Crippen LogP contribution is -2.41. The molecule has 0 atom stereocenters. The molecule has 6 heteroatoms. The van der Waals surface area contributed by atoms with E-state index in [1.54, 1.807) is 17.0 Å². The average Bonchev–Trinajstić information content (AvgIpc) is 2.72. The number of pyridine rings is 1. The third-order valence-corrected chi connectivity index (χ3v) is 5.54. The predicted octanol–water partition coefficient (Wildman–Crippen LogP) is 2.58. The predicted molar refractivity (Wildman–Crippen MR) is 108 cm³/mol. The monoisotopic (exact) mass is 376 g/mol. The summed E-state index contributed by atoms with van der Waals surface area (Å²) in [5, 5.41) is 0.664. The third-order valence-electron chi connectivity index (χ3n) is 5.54. The van der Waals surface area contributed by atoms with Crippen LogP contribution in [0.5, 0.6) is 0 Å². The standard InChI is InChI=1S/C22H24N4O2/c1-16-24-20-7-3-2-6-19(20)22(28)26(16)15-17-8-11-25(12-9-17)21(27)13-18-5-4-10-23-14-18/h2-7,10,14,17H,8-9,11-13,15H2,1H3. The second-order valence-electron chi connectivity index (χ2n) is 7.45. The van der Waals surface area contributed by atoms with Crippen molar-refractivity contribution in [3.8, 4) is 0 Å². The zero-order valence-electron chi connectivity index (χ0n) is 16.0. The zero-order valence-corrected chi connectivity index (χ0v) is 16.0. The minimum absolute atomic E-state index is 0.0261. The van der Waals surface area contributed by atoms with Gasteiger partial charge in [0.1, 0.15) is 5.82 Å². The first-order chi connectivity index (χ1) is 13.6. The van der Waals surface area contributed by atoms with Crippen LogP contribution in [0.3, 0.4) is 0 Å². The van der Waals surface area contributed by atoms with Gasteiger partial charge in [0.05, 0.1) is 17.3 Å². The van der Waals surface area contributed by atoms with Crippen LogP contribution < -0.4 is 5.56 Å². The van der Waals surface area contributed by atoms with E-state index in [0.29, 0.717) is 24.3 Å². The van der Waals surface area contributed by atoms with E-state index in [4.69, 9.17) is 0 Å². The van der Waals surface area contributed by atoms with E-state index in [1.807, 2.05) is 48.2 Å². The number of hydrogen-bond acceptors (Lipinski definition) is 4. The normalized spacial score (nSPS) is 15.1. The fourth-order valence-electron chi connectivity index (χ4n) is 3.91. The van der Waals surface area contributed by atoms with Gasteiger partial charge < -0.3 is 4.90 Å². The van der Waals surface area contributed by atoms with Crippen LogP contribution in [0.25, 0.3) is 10.9 Å². The number of hydrogen-bond donors (Lipinski definition) is 0. The molecular weight excluding hydrogens is 352 g/mol. The van der Waals surface area contributed by atoms with Crippen molar-refractivity contribution in [1.82, 2.24) is 19.4 Å². The molecule has 0 saturated carbocycles. The Bertz CT molecular complexity index is 1040. The number of fused-ring (bicyclic) bond motifs is 1. The van der Waals surface area contributed by atoms with Crippen molar-refractivity contribution >= 4 is 16.8 Å². The largest absolute Gasteiger partial charge is 0.342 e. The SMILES string of the molecule is Cc1nc2ccccc2c(=O)n1CC1CCN(C(=O)Cc2cccnc2)CC1. The van der Waals surface area contributed by atoms with Gasteiger partial charge in [-0.05, 0) is 49.4 Å². The Hall–Kier alpha value is -3.02. The van der Waals surface area contributed by atoms with Crippen LogP contribution in [0.4, 0.5) is 0 Å². The van der Waals surface area contributed by atoms with Crippen molar-refractivity contribution in [2.24, 2.45) is 5.92 Å². The number of para-hydroxylation sites is 1. The second kappa shape index (κ2) is 7.92. The Balaban J connectivity index is 1.40. The van der Waals surface area contributed by atoms with Gasteiger partial charge in [-0.3, -0.25) is 19.1 Å². The molecule has 0 aliphatic carbocycles. The van der Waals surface area contributed by atoms with E-state index >= 15 is 0 Å². The van der Waals surface area contributed by atoms with Crippen molar-refractivity contribution in [3.63, 3.8) is 0 Å². The van der Waals surface area contributed by atoms with E-state index in [2.05, 4.69) is 9.97 Å². The van der Waals surface area contributed by atoms with Crippen LogP contribution in [0.15, 0.2) is 53.6 Å². The summed E-state index contributed by atoms with van der Waals surface area (Å²) in [6.07, 6.45) is 5.65. The number of likely N-dealkylation sites (tertiary alicyclic amines) is 1. The number of piperidine rings is 1. The first-order valence-corrected chi connectivity index (χ1v) is 9.74. The molecule has 1 aromatic carbocycles. The summed E-state index contributed by atoms with van der Waals surface area (Å²) in [6.45, 7) is 4.02. The number of benzene rings is 1. The second-order valence-corrected chi connectivity index (χ2v) is 7.45. The van der Waals surface area contributed by atoms with Crippen LogP contribution in [-0.2, 0) is 17.8 Å². The molecule has 1 fully saturated rings. The van der Waals surface area contributed by atoms with E-state index < -0.39 is 0 Å². The maximum atomic E-state index is 12.9. The molecule has 0 unspecified atom stereocenters. The summed E-state index contributed by atoms with van der Waals surface area (Å²) < 4.78 is 1.79. The molecular formula is C22H24N4O2. The smallest absolute Gasteiger partial charge is 0.261 e. The Morgan fingerprint density at radius 1 is 1.14 bits per heavy atom. The van der Waals surface area contributed by atoms with Gasteiger partial charge in [0.2, 0.25) is 5.91 Å². The zero-order chi connectivity index (χ0) is 19.5. The Labute approximate surface area is 163 Å². The number of rotatable bonds is 4. The van der Waals surface area contributed by atoms with Crippen molar-refractivity contribution in [1.29, 1.82) is 0 Å². The van der Waals surface area contributed by atoms with Crippen LogP contribution in [0.1, 0.15) is 24.2 Å². The summed E-state index contributed by atoms with van der Waals surface area (Å²) >= 11 is 0. The van der Waals surface area contributed by atoms with Gasteiger partial charge in [-0.15, -0.1) is 0 Å². The molecule has 2 aromatic heterocycles. The van der Waals surface area contributed by atoms with Crippen molar-refractivity contribution in [2.75, 3.05) is 13.1 Å². The molecule has 0 N–H and O–H groups in total. The molecule has 1 amide bonds. The molecule has 144 valence electrons. The highest BCUT2D eigenvalue weighted by atomic mass is 16.2. The van der Waals surface area contributed by atoms with Crippen molar-refractivity contribution in [3.05, 3.63) is 70.5 Å². The Kier molecular flexibility index (Phi) is 5.19. The van der Waals surface area contributed by atoms with E-state index in [-0.39, 0.29) is 11.5 Å². The van der Waals surface area contributed by atoms with Crippen LogP contribution in [0.2, 0.25) is 0 Å². The minimum Gasteiger partial charge on any atom is -0.342 e. The van der Waals surface area contributed by atoms with E-state index in [9.17, 15) is 9.59 Å². The quantitative estimate of drug-likeness (QED) is 0.702. The highest BCUT2D eigenvalue weighted by Gasteiger charge is 2.24. The lowest BCUT2D eigenvalue weighted by molar-refractivity contribution is -0.131. The summed E-state index contributed by atoms with van der Waals surface area (Å²) in [5.41, 5.74) is 1.72. The van der Waals surface area contributed by atoms with Crippen LogP contribution in [-0.4, -0.2) is 38.4 Å². The number of carbonyl (C=O) groups is 1. The van der Waals surface area contributed by atoms with Gasteiger partial charge in [0.15, 0.2) is 0 Å². The van der Waals surface area contributed by atoms with Gasteiger partial charge in [0, 0.05) is 32.0 Å². The first kappa shape index (κ1) is 18.3. The average molecular weight is 376 g/mol. The van der Waals surface area contributed by atoms with Gasteiger partial charge in [0.25, 0.3) is 5.56 Å². The molecule has 3 aromatic rings. The van der Waals surface area contributed by atoms with Gasteiger partial charge in [-0.2, -0.15) is 0 Å². The lowest BCUT2D eigenvalue weighted by Gasteiger charge is -2.32. The van der Waals surface area contributed by atoms with Gasteiger partial charge >= 0.3 is 0 Å². The summed E-state index contributed by atoms with van der Waals surface area (Å²) in [4.78, 5) is 36.0. The summed E-state index contributed by atoms with van der Waals surface area (Å²) in [7, 11) is 0. The van der Waals surface area contributed by atoms with Crippen molar-refractivity contribution in [2.45, 2.75) is 32.7 Å². The molecule has 1 saturated heterocycles. The summed E-state index contributed by atoms with van der Waals surface area (Å²) in [6, 6.07) is 11.3. The fraction of sp³-hybridized carbons (Fsp3) is 0.364. The van der Waals surface area contributed by atoms with Crippen molar-refractivity contribution < 1.29 is 4.79 Å². The molecule has 1 aliphatic heterocycles. The van der Waals surface area contributed by atoms with Gasteiger partial charge in [-0.25, -0.2) is 4.98 Å². The maximum Gasteiger partial charge on any atom is 0.261 e. The highest BCUT2D eigenvalue weighted by Crippen LogP contribution is 2.20. The molecule has 0 radical (unpaired) electrons. The number of amides is 1. The fourth-order valence-corrected chi connectivity index (χ4v) is 3.91. The molecule has 28 heavy (non-hydrogen) atoms. The van der Waals surface area contributed by atoms with Crippen LogP contribution >= 0.6 is 0 Å². The molecule has 0 bridgehead atoms. The highest BCUT2D eigenvalue weighted by molar-refractivity contribution is 5.79. The maximum absolute atomic E-state index is 12.9. The van der Waals surface area contributed by atoms with E-state index in [1.165, 1.54) is 0 Å². The Morgan fingerprint density at radius 2 is 1.93 bits per heavy atom. The van der Waals surface area contributed by atoms with Gasteiger partial charge in [-0.1, -0.05) is 18.2 Å². The Morgan fingerprint density at radius 3 is 2.68 bits per heavy atom. The third kappa shape index (κ3) is 3.81.